The van der Waals surface area contributed by atoms with E-state index in [2.05, 4.69) is 0 Å². The van der Waals surface area contributed by atoms with E-state index in [4.69, 9.17) is 10.2 Å². The topological polar surface area (TPSA) is 110 Å². The molecule has 0 saturated carbocycles. The number of rotatable bonds is 0. The van der Waals surface area contributed by atoms with Crippen LogP contribution in [-0.4, -0.2) is 10.2 Å². The molecule has 0 aromatic heterocycles. The minimum atomic E-state index is 0. The van der Waals surface area contributed by atoms with Crippen LogP contribution in [0.2, 0.25) is 0 Å². The second kappa shape index (κ2) is 12.7. The zero-order chi connectivity index (χ0) is 10.2. The Bertz CT molecular complexity index is 320. The standard InChI is InChI=1S/2C6H6O.2H3N.Ti/c2*7-6-4-2-1-3-5-6;;;/h2*1-5,7H;2*1H3;. The van der Waals surface area contributed by atoms with Gasteiger partial charge in [0, 0.05) is 21.7 Å². The largest absolute Gasteiger partial charge is 0.508 e. The second-order valence-electron chi connectivity index (χ2n) is 2.67. The fourth-order valence-corrected chi connectivity index (χ4v) is 0.856. The Labute approximate surface area is 116 Å². The van der Waals surface area contributed by atoms with Crippen LogP contribution in [0.5, 0.6) is 11.5 Å². The van der Waals surface area contributed by atoms with Crippen molar-refractivity contribution in [1.29, 1.82) is 0 Å². The van der Waals surface area contributed by atoms with E-state index >= 15 is 0 Å². The van der Waals surface area contributed by atoms with Gasteiger partial charge in [-0.25, -0.2) is 0 Å². The molecule has 0 heterocycles. The number of benzene rings is 2. The van der Waals surface area contributed by atoms with Gasteiger partial charge in [-0.15, -0.1) is 0 Å². The van der Waals surface area contributed by atoms with E-state index in [1.165, 1.54) is 0 Å². The quantitative estimate of drug-likeness (QED) is 0.551. The van der Waals surface area contributed by atoms with Crippen molar-refractivity contribution in [2.45, 2.75) is 0 Å². The van der Waals surface area contributed by atoms with Crippen LogP contribution in [0.25, 0.3) is 0 Å². The number of phenols is 2. The van der Waals surface area contributed by atoms with Crippen molar-refractivity contribution in [3.8, 4) is 11.5 Å². The van der Waals surface area contributed by atoms with Gasteiger partial charge in [-0.3, -0.25) is 0 Å². The van der Waals surface area contributed by atoms with Gasteiger partial charge in [0.25, 0.3) is 0 Å². The Morgan fingerprint density at radius 3 is 0.882 bits per heavy atom. The van der Waals surface area contributed by atoms with Crippen molar-refractivity contribution in [1.82, 2.24) is 12.3 Å². The summed E-state index contributed by atoms with van der Waals surface area (Å²) in [5, 5.41) is 17.3. The average Bonchev–Trinajstić information content (AvgIpc) is 2.21. The van der Waals surface area contributed by atoms with Crippen LogP contribution in [0.4, 0.5) is 0 Å². The van der Waals surface area contributed by atoms with E-state index in [9.17, 15) is 0 Å². The third kappa shape index (κ3) is 10.9. The molecule has 0 aliphatic rings. The summed E-state index contributed by atoms with van der Waals surface area (Å²) in [6.07, 6.45) is 0. The van der Waals surface area contributed by atoms with Crippen LogP contribution in [0.3, 0.4) is 0 Å². The van der Waals surface area contributed by atoms with E-state index in [0.29, 0.717) is 11.5 Å². The summed E-state index contributed by atoms with van der Waals surface area (Å²) in [4.78, 5) is 0. The zero-order valence-electron chi connectivity index (χ0n) is 9.58. The fourth-order valence-electron chi connectivity index (χ4n) is 0.856. The summed E-state index contributed by atoms with van der Waals surface area (Å²) in [5.74, 6) is 0.644. The van der Waals surface area contributed by atoms with Gasteiger partial charge in [0.15, 0.2) is 0 Å². The molecule has 0 aliphatic heterocycles. The van der Waals surface area contributed by atoms with Crippen LogP contribution in [0.15, 0.2) is 60.7 Å². The van der Waals surface area contributed by atoms with Crippen LogP contribution in [0, 0.1) is 0 Å². The first-order valence-electron chi connectivity index (χ1n) is 4.27. The van der Waals surface area contributed by atoms with Crippen LogP contribution >= 0.6 is 0 Å². The Balaban J connectivity index is -0.000000196. The Kier molecular flexibility index (Phi) is 15.7. The van der Waals surface area contributed by atoms with Crippen molar-refractivity contribution >= 4 is 0 Å². The molecule has 92 valence electrons. The summed E-state index contributed by atoms with van der Waals surface area (Å²) >= 11 is 0. The van der Waals surface area contributed by atoms with Gasteiger partial charge in [-0.2, -0.15) is 0 Å². The van der Waals surface area contributed by atoms with Crippen molar-refractivity contribution < 1.29 is 31.9 Å². The molecule has 0 aliphatic carbocycles. The summed E-state index contributed by atoms with van der Waals surface area (Å²) in [7, 11) is 0. The maximum Gasteiger partial charge on any atom is 0.115 e. The second-order valence-corrected chi connectivity index (χ2v) is 2.67. The van der Waals surface area contributed by atoms with Gasteiger partial charge in [0.2, 0.25) is 0 Å². The molecule has 5 heteroatoms. The zero-order valence-corrected chi connectivity index (χ0v) is 11.1. The van der Waals surface area contributed by atoms with E-state index in [0.717, 1.165) is 0 Å². The molecule has 0 atom stereocenters. The molecule has 0 bridgehead atoms. The van der Waals surface area contributed by atoms with E-state index < -0.39 is 0 Å². The molecule has 0 unspecified atom stereocenters. The van der Waals surface area contributed by atoms with Crippen molar-refractivity contribution in [3.05, 3.63) is 60.7 Å². The molecule has 0 spiro atoms. The molecule has 0 saturated heterocycles. The predicted molar refractivity (Wildman–Crippen MR) is 66.3 cm³/mol. The van der Waals surface area contributed by atoms with Crippen LogP contribution < -0.4 is 12.3 Å². The molecule has 17 heavy (non-hydrogen) atoms. The smallest absolute Gasteiger partial charge is 0.115 e. The average molecular weight is 270 g/mol. The summed E-state index contributed by atoms with van der Waals surface area (Å²) in [6.45, 7) is 0. The van der Waals surface area contributed by atoms with E-state index in [1.54, 1.807) is 48.5 Å². The van der Waals surface area contributed by atoms with Gasteiger partial charge in [-0.1, -0.05) is 36.4 Å². The SMILES string of the molecule is N.N.Oc1ccccc1.Oc1ccccc1.[Ti]. The molecule has 4 nitrogen and oxygen atoms in total. The van der Waals surface area contributed by atoms with Gasteiger partial charge >= 0.3 is 0 Å². The Hall–Kier alpha value is -1.33. The van der Waals surface area contributed by atoms with Crippen LogP contribution in [-0.2, 0) is 21.7 Å². The van der Waals surface area contributed by atoms with Crippen LogP contribution in [0.1, 0.15) is 0 Å². The number of hydrogen-bond donors (Lipinski definition) is 4. The van der Waals surface area contributed by atoms with Gasteiger partial charge in [0.1, 0.15) is 11.5 Å². The van der Waals surface area contributed by atoms with Crippen molar-refractivity contribution in [2.75, 3.05) is 0 Å². The Morgan fingerprint density at radius 2 is 0.765 bits per heavy atom. The maximum absolute atomic E-state index is 8.63. The predicted octanol–water partition coefficient (Wildman–Crippen LogP) is 3.11. The summed E-state index contributed by atoms with van der Waals surface area (Å²) < 4.78 is 0. The normalized spacial score (nSPS) is 7.06. The first kappa shape index (κ1) is 21.0. The fraction of sp³-hybridized carbons (Fsp3) is 0. The van der Waals surface area contributed by atoms with Gasteiger partial charge in [-0.05, 0) is 24.3 Å². The number of aromatic hydroxyl groups is 2. The molecule has 2 rings (SSSR count). The molecule has 8 N–H and O–H groups in total. The molecule has 2 aromatic rings. The first-order valence-corrected chi connectivity index (χ1v) is 4.27. The monoisotopic (exact) mass is 270 g/mol. The third-order valence-electron chi connectivity index (χ3n) is 1.51. The molecule has 2 aromatic carbocycles. The number of phenolic OH excluding ortho intramolecular Hbond substituents is 2. The van der Waals surface area contributed by atoms with Gasteiger partial charge < -0.3 is 22.5 Å². The maximum atomic E-state index is 8.63. The third-order valence-corrected chi connectivity index (χ3v) is 1.51. The first-order chi connectivity index (χ1) is 6.79. The Morgan fingerprint density at radius 1 is 0.529 bits per heavy atom. The molecule has 0 fully saturated rings. The minimum Gasteiger partial charge on any atom is -0.508 e. The number of hydrogen-bond acceptors (Lipinski definition) is 4. The number of para-hydroxylation sites is 2. The summed E-state index contributed by atoms with van der Waals surface area (Å²) in [5.41, 5.74) is 0. The molecule has 0 amide bonds. The van der Waals surface area contributed by atoms with Gasteiger partial charge in [0.05, 0.1) is 0 Å². The minimum absolute atomic E-state index is 0. The molecule has 0 radical (unpaired) electrons. The molecular formula is C12H18N2O2Ti. The van der Waals surface area contributed by atoms with E-state index in [1.807, 2.05) is 12.1 Å². The van der Waals surface area contributed by atoms with Crippen molar-refractivity contribution in [2.24, 2.45) is 0 Å². The van der Waals surface area contributed by atoms with Crippen molar-refractivity contribution in [3.63, 3.8) is 0 Å². The summed E-state index contributed by atoms with van der Waals surface area (Å²) in [6, 6.07) is 17.4. The van der Waals surface area contributed by atoms with E-state index in [-0.39, 0.29) is 34.0 Å². The molecular weight excluding hydrogens is 252 g/mol.